The highest BCUT2D eigenvalue weighted by molar-refractivity contribution is 6.00. The molecule has 0 saturated carbocycles. The van der Waals surface area contributed by atoms with Gasteiger partial charge in [0.25, 0.3) is 5.56 Å². The standard InChI is InChI=1S/C23H19N3O3.C2H6/c1-4-25-29-15(3)21-22(18-7-5-6-17(9-10-18)14(2)27)19-12-16(13-24)8-11-20(19)26-23(21)28;1-2/h4-6,8-12H,3,7H2,1-2H3,(H,26,28);1-2H3/b25-4+;. The smallest absolute Gasteiger partial charge is 0.260 e. The molecule has 6 nitrogen and oxygen atoms in total. The van der Waals surface area contributed by atoms with Crippen molar-refractivity contribution in [1.29, 1.82) is 5.26 Å². The van der Waals surface area contributed by atoms with Crippen LogP contribution in [0.5, 0.6) is 0 Å². The SMILES string of the molecule is C=C(O/N=C/C)c1c(C2=CC=C(C(C)=O)C=CC2)c2cc(C#N)ccc2[nH]c1=O.CC. The molecule has 31 heavy (non-hydrogen) atoms. The van der Waals surface area contributed by atoms with Crippen LogP contribution >= 0.6 is 0 Å². The molecule has 1 heterocycles. The molecule has 1 aliphatic rings. The quantitative estimate of drug-likeness (QED) is 0.408. The molecule has 6 heteroatoms. The summed E-state index contributed by atoms with van der Waals surface area (Å²) < 4.78 is 0. The minimum absolute atomic E-state index is 0.0495. The van der Waals surface area contributed by atoms with Crippen LogP contribution in [0.25, 0.3) is 22.2 Å². The Labute approximate surface area is 181 Å². The molecule has 1 aliphatic carbocycles. The Morgan fingerprint density at radius 2 is 2.06 bits per heavy atom. The second-order valence-corrected chi connectivity index (χ2v) is 6.43. The number of hydrogen-bond donors (Lipinski definition) is 1. The lowest BCUT2D eigenvalue weighted by atomic mass is 9.92. The maximum absolute atomic E-state index is 12.9. The van der Waals surface area contributed by atoms with Crippen LogP contribution in [-0.2, 0) is 9.63 Å². The highest BCUT2D eigenvalue weighted by Crippen LogP contribution is 2.33. The number of rotatable bonds is 5. The van der Waals surface area contributed by atoms with E-state index in [0.717, 1.165) is 5.57 Å². The number of aromatic nitrogens is 1. The summed E-state index contributed by atoms with van der Waals surface area (Å²) in [5.41, 5.74) is 2.87. The number of ketones is 1. The third-order valence-corrected chi connectivity index (χ3v) is 4.52. The summed E-state index contributed by atoms with van der Waals surface area (Å²) in [5.74, 6) is 0.0417. The molecule has 0 fully saturated rings. The Hall–Kier alpha value is -3.98. The molecule has 1 N–H and O–H groups in total. The number of aromatic amines is 1. The van der Waals surface area contributed by atoms with E-state index in [4.69, 9.17) is 4.84 Å². The maximum atomic E-state index is 12.9. The molecular formula is C25H25N3O3. The van der Waals surface area contributed by atoms with Crippen molar-refractivity contribution in [3.8, 4) is 6.07 Å². The van der Waals surface area contributed by atoms with E-state index in [9.17, 15) is 14.9 Å². The zero-order valence-electron chi connectivity index (χ0n) is 18.2. The van der Waals surface area contributed by atoms with Gasteiger partial charge in [-0.3, -0.25) is 9.59 Å². The van der Waals surface area contributed by atoms with Crippen LogP contribution in [0.1, 0.15) is 50.8 Å². The van der Waals surface area contributed by atoms with Crippen LogP contribution in [0, 0.1) is 11.3 Å². The van der Waals surface area contributed by atoms with E-state index in [1.165, 1.54) is 13.1 Å². The van der Waals surface area contributed by atoms with Crippen LogP contribution < -0.4 is 5.56 Å². The van der Waals surface area contributed by atoms with Crippen LogP contribution in [0.3, 0.4) is 0 Å². The van der Waals surface area contributed by atoms with Gasteiger partial charge in [0.1, 0.15) is 0 Å². The summed E-state index contributed by atoms with van der Waals surface area (Å²) in [4.78, 5) is 32.7. The van der Waals surface area contributed by atoms with E-state index in [-0.39, 0.29) is 22.7 Å². The third kappa shape index (κ3) is 5.14. The van der Waals surface area contributed by atoms with Gasteiger partial charge >= 0.3 is 0 Å². The number of hydrogen-bond acceptors (Lipinski definition) is 5. The van der Waals surface area contributed by atoms with Crippen molar-refractivity contribution >= 4 is 34.2 Å². The predicted molar refractivity (Wildman–Crippen MR) is 125 cm³/mol. The summed E-state index contributed by atoms with van der Waals surface area (Å²) in [6.45, 7) is 11.0. The van der Waals surface area contributed by atoms with E-state index in [1.807, 2.05) is 26.0 Å². The van der Waals surface area contributed by atoms with Gasteiger partial charge in [0.15, 0.2) is 11.5 Å². The first kappa shape index (κ1) is 23.3. The van der Waals surface area contributed by atoms with Gasteiger partial charge in [0.2, 0.25) is 0 Å². The summed E-state index contributed by atoms with van der Waals surface area (Å²) >= 11 is 0. The number of carbonyl (C=O) groups excluding carboxylic acids is 1. The Bertz CT molecular complexity index is 1240. The van der Waals surface area contributed by atoms with Gasteiger partial charge in [0, 0.05) is 28.3 Å². The van der Waals surface area contributed by atoms with Gasteiger partial charge in [-0.05, 0) is 44.0 Å². The molecule has 1 aromatic heterocycles. The first-order valence-electron chi connectivity index (χ1n) is 9.99. The Kier molecular flexibility index (Phi) is 8.04. The molecule has 0 aliphatic heterocycles. The number of fused-ring (bicyclic) bond motifs is 1. The minimum Gasteiger partial charge on any atom is -0.357 e. The molecule has 0 atom stereocenters. The number of carbonyl (C=O) groups is 1. The number of oxime groups is 1. The summed E-state index contributed by atoms with van der Waals surface area (Å²) in [7, 11) is 0. The second kappa shape index (κ2) is 10.7. The van der Waals surface area contributed by atoms with E-state index < -0.39 is 0 Å². The molecule has 0 amide bonds. The van der Waals surface area contributed by atoms with E-state index >= 15 is 0 Å². The Morgan fingerprint density at radius 3 is 2.71 bits per heavy atom. The first-order chi connectivity index (χ1) is 15.0. The van der Waals surface area contributed by atoms with Crippen molar-refractivity contribution in [3.63, 3.8) is 0 Å². The van der Waals surface area contributed by atoms with Gasteiger partial charge in [-0.15, -0.1) is 0 Å². The van der Waals surface area contributed by atoms with Crippen molar-refractivity contribution in [2.75, 3.05) is 0 Å². The number of benzene rings is 1. The zero-order chi connectivity index (χ0) is 23.0. The van der Waals surface area contributed by atoms with Crippen LogP contribution in [0.15, 0.2) is 64.6 Å². The average molecular weight is 415 g/mol. The maximum Gasteiger partial charge on any atom is 0.260 e. The molecule has 1 aromatic carbocycles. The van der Waals surface area contributed by atoms with Gasteiger partial charge in [-0.1, -0.05) is 49.9 Å². The molecule has 0 spiro atoms. The number of allylic oxidation sites excluding steroid dienone is 6. The van der Waals surface area contributed by atoms with Crippen LogP contribution in [0.4, 0.5) is 0 Å². The predicted octanol–water partition coefficient (Wildman–Crippen LogP) is 5.28. The highest BCUT2D eigenvalue weighted by atomic mass is 16.6. The van der Waals surface area contributed by atoms with Crippen LogP contribution in [0.2, 0.25) is 0 Å². The van der Waals surface area contributed by atoms with Crippen molar-refractivity contribution in [2.45, 2.75) is 34.1 Å². The minimum atomic E-state index is -0.376. The van der Waals surface area contributed by atoms with Crippen molar-refractivity contribution in [2.24, 2.45) is 5.16 Å². The first-order valence-corrected chi connectivity index (χ1v) is 9.99. The lowest BCUT2D eigenvalue weighted by Crippen LogP contribution is -2.16. The van der Waals surface area contributed by atoms with Crippen LogP contribution in [-0.4, -0.2) is 17.0 Å². The third-order valence-electron chi connectivity index (χ3n) is 4.52. The molecule has 0 bridgehead atoms. The summed E-state index contributed by atoms with van der Waals surface area (Å²) in [5, 5.41) is 13.7. The molecular weight excluding hydrogens is 390 g/mol. The average Bonchev–Trinajstić information content (AvgIpc) is 3.04. The highest BCUT2D eigenvalue weighted by Gasteiger charge is 2.20. The molecule has 158 valence electrons. The lowest BCUT2D eigenvalue weighted by molar-refractivity contribution is -0.113. The fourth-order valence-corrected chi connectivity index (χ4v) is 3.17. The number of nitrogens with one attached hydrogen (secondary N) is 1. The van der Waals surface area contributed by atoms with E-state index in [1.54, 1.807) is 37.3 Å². The molecule has 0 unspecified atom stereocenters. The number of Topliss-reactive ketones (excluding diaryl/α,β-unsaturated/α-hetero) is 1. The number of nitrogens with zero attached hydrogens (tertiary/aromatic N) is 2. The Balaban J connectivity index is 0.00000166. The monoisotopic (exact) mass is 415 g/mol. The van der Waals surface area contributed by atoms with Crippen molar-refractivity contribution in [1.82, 2.24) is 4.98 Å². The van der Waals surface area contributed by atoms with Gasteiger partial charge < -0.3 is 9.82 Å². The van der Waals surface area contributed by atoms with E-state index in [2.05, 4.69) is 22.8 Å². The Morgan fingerprint density at radius 1 is 1.32 bits per heavy atom. The van der Waals surface area contributed by atoms with Gasteiger partial charge in [-0.2, -0.15) is 5.26 Å². The fraction of sp³-hybridized carbons (Fsp3) is 0.200. The molecule has 0 saturated heterocycles. The van der Waals surface area contributed by atoms with Crippen molar-refractivity contribution < 1.29 is 9.63 Å². The molecule has 3 rings (SSSR count). The normalized spacial score (nSPS) is 12.9. The summed E-state index contributed by atoms with van der Waals surface area (Å²) in [6.07, 6.45) is 9.09. The van der Waals surface area contributed by atoms with E-state index in [0.29, 0.717) is 34.0 Å². The molecule has 2 aromatic rings. The number of nitriles is 1. The fourth-order valence-electron chi connectivity index (χ4n) is 3.17. The number of pyridine rings is 1. The largest absolute Gasteiger partial charge is 0.357 e. The summed E-state index contributed by atoms with van der Waals surface area (Å²) in [6, 6.07) is 7.17. The second-order valence-electron chi connectivity index (χ2n) is 6.43. The van der Waals surface area contributed by atoms with Gasteiger partial charge in [0.05, 0.1) is 17.2 Å². The molecule has 0 radical (unpaired) electrons. The number of H-pyrrole nitrogens is 1. The lowest BCUT2D eigenvalue weighted by Gasteiger charge is -2.15. The van der Waals surface area contributed by atoms with Crippen molar-refractivity contribution in [3.05, 3.63) is 81.7 Å². The topological polar surface area (TPSA) is 95.3 Å². The zero-order valence-corrected chi connectivity index (χ0v) is 18.2. The van der Waals surface area contributed by atoms with Gasteiger partial charge in [-0.25, -0.2) is 0 Å².